The molecule has 25 heavy (non-hydrogen) atoms. The Kier molecular flexibility index (Phi) is 4.25. The fourth-order valence-electron chi connectivity index (χ4n) is 3.06. The number of fused-ring (bicyclic) bond motifs is 1. The van der Waals surface area contributed by atoms with Crippen LogP contribution in [0, 0.1) is 13.8 Å². The van der Waals surface area contributed by atoms with Crippen molar-refractivity contribution in [3.63, 3.8) is 0 Å². The van der Waals surface area contributed by atoms with E-state index in [0.717, 1.165) is 45.1 Å². The predicted octanol–water partition coefficient (Wildman–Crippen LogP) is 3.20. The first-order chi connectivity index (χ1) is 12.1. The molecule has 0 spiro atoms. The molecule has 3 heterocycles. The van der Waals surface area contributed by atoms with Gasteiger partial charge < -0.3 is 5.32 Å². The number of rotatable bonds is 6. The minimum Gasteiger partial charge on any atom is -0.351 e. The second kappa shape index (κ2) is 6.55. The number of carbonyl (C=O) groups is 1. The molecular formula is C18H21N5OS. The lowest BCUT2D eigenvalue weighted by Gasteiger charge is -2.05. The van der Waals surface area contributed by atoms with Crippen LogP contribution in [0.25, 0.3) is 10.2 Å². The van der Waals surface area contributed by atoms with Gasteiger partial charge in [0.15, 0.2) is 0 Å². The van der Waals surface area contributed by atoms with Crippen LogP contribution in [0.4, 0.5) is 0 Å². The summed E-state index contributed by atoms with van der Waals surface area (Å²) in [5.74, 6) is 1.44. The number of amides is 1. The quantitative estimate of drug-likeness (QED) is 0.689. The molecular weight excluding hydrogens is 334 g/mol. The topological polar surface area (TPSA) is 72.7 Å². The van der Waals surface area contributed by atoms with Crippen LogP contribution in [-0.2, 0) is 6.54 Å². The molecule has 1 N–H and O–H groups in total. The van der Waals surface area contributed by atoms with E-state index in [4.69, 9.17) is 4.98 Å². The van der Waals surface area contributed by atoms with Crippen LogP contribution >= 0.6 is 11.3 Å². The Balaban J connectivity index is 1.47. The molecule has 0 bridgehead atoms. The number of nitrogens with zero attached hydrogens (tertiary/aromatic N) is 4. The summed E-state index contributed by atoms with van der Waals surface area (Å²) in [4.78, 5) is 23.6. The lowest BCUT2D eigenvalue weighted by Crippen LogP contribution is -2.25. The monoisotopic (exact) mass is 355 g/mol. The fourth-order valence-corrected chi connectivity index (χ4v) is 4.21. The minimum atomic E-state index is -0.0201. The highest BCUT2D eigenvalue weighted by molar-refractivity contribution is 7.20. The van der Waals surface area contributed by atoms with E-state index < -0.39 is 0 Å². The number of thiophene rings is 1. The molecule has 3 aromatic rings. The summed E-state index contributed by atoms with van der Waals surface area (Å²) >= 11 is 1.48. The van der Waals surface area contributed by atoms with Gasteiger partial charge in [0.2, 0.25) is 0 Å². The van der Waals surface area contributed by atoms with Crippen LogP contribution in [0.5, 0.6) is 0 Å². The number of hydrogen-bond donors (Lipinski definition) is 1. The Bertz CT molecular complexity index is 911. The van der Waals surface area contributed by atoms with Gasteiger partial charge >= 0.3 is 0 Å². The van der Waals surface area contributed by atoms with Crippen LogP contribution in [0.1, 0.15) is 51.9 Å². The fraction of sp³-hybridized carbons (Fsp3) is 0.444. The highest BCUT2D eigenvalue weighted by Gasteiger charge is 2.28. The lowest BCUT2D eigenvalue weighted by molar-refractivity contribution is 0.0956. The van der Waals surface area contributed by atoms with Crippen LogP contribution in [0.15, 0.2) is 18.5 Å². The first-order valence-corrected chi connectivity index (χ1v) is 9.48. The molecule has 0 atom stereocenters. The maximum Gasteiger partial charge on any atom is 0.261 e. The second-order valence-electron chi connectivity index (χ2n) is 6.56. The molecule has 0 unspecified atom stereocenters. The van der Waals surface area contributed by atoms with Crippen molar-refractivity contribution >= 4 is 27.5 Å². The van der Waals surface area contributed by atoms with E-state index in [1.807, 2.05) is 30.8 Å². The van der Waals surface area contributed by atoms with Crippen LogP contribution < -0.4 is 5.32 Å². The Morgan fingerprint density at radius 2 is 2.20 bits per heavy atom. The van der Waals surface area contributed by atoms with Gasteiger partial charge in [-0.3, -0.25) is 9.48 Å². The number of carbonyl (C=O) groups excluding carboxylic acids is 1. The zero-order valence-electron chi connectivity index (χ0n) is 14.5. The summed E-state index contributed by atoms with van der Waals surface area (Å²) in [5, 5.41) is 8.21. The Labute approximate surface area is 150 Å². The predicted molar refractivity (Wildman–Crippen MR) is 98.0 cm³/mol. The van der Waals surface area contributed by atoms with E-state index in [2.05, 4.69) is 15.4 Å². The molecule has 0 aliphatic heterocycles. The largest absolute Gasteiger partial charge is 0.351 e. The molecule has 1 aliphatic carbocycles. The van der Waals surface area contributed by atoms with Crippen molar-refractivity contribution in [1.29, 1.82) is 0 Å². The molecule has 1 amide bonds. The SMILES string of the molecule is Cc1nc(C2CC2)nc2sc(C(=O)NCCCn3cccn3)c(C)c12. The molecule has 1 aliphatic rings. The van der Waals surface area contributed by atoms with Crippen LogP contribution in [0.3, 0.4) is 0 Å². The molecule has 0 radical (unpaired) electrons. The van der Waals surface area contributed by atoms with Crippen molar-refractivity contribution in [3.8, 4) is 0 Å². The summed E-state index contributed by atoms with van der Waals surface area (Å²) in [6.07, 6.45) is 6.90. The van der Waals surface area contributed by atoms with E-state index in [-0.39, 0.29) is 5.91 Å². The molecule has 3 aromatic heterocycles. The van der Waals surface area contributed by atoms with Crippen molar-refractivity contribution in [2.24, 2.45) is 0 Å². The molecule has 7 heteroatoms. The molecule has 0 aromatic carbocycles. The second-order valence-corrected chi connectivity index (χ2v) is 7.56. The molecule has 130 valence electrons. The van der Waals surface area contributed by atoms with Gasteiger partial charge in [0.25, 0.3) is 5.91 Å². The average Bonchev–Trinajstić information content (AvgIpc) is 3.21. The van der Waals surface area contributed by atoms with E-state index >= 15 is 0 Å². The third-order valence-electron chi connectivity index (χ3n) is 4.55. The summed E-state index contributed by atoms with van der Waals surface area (Å²) in [7, 11) is 0. The molecule has 0 saturated heterocycles. The Morgan fingerprint density at radius 1 is 1.36 bits per heavy atom. The number of hydrogen-bond acceptors (Lipinski definition) is 5. The van der Waals surface area contributed by atoms with Crippen LogP contribution in [0.2, 0.25) is 0 Å². The maximum absolute atomic E-state index is 12.6. The number of aryl methyl sites for hydroxylation is 3. The van der Waals surface area contributed by atoms with Gasteiger partial charge in [-0.1, -0.05) is 0 Å². The van der Waals surface area contributed by atoms with Gasteiger partial charge in [-0.05, 0) is 44.7 Å². The highest BCUT2D eigenvalue weighted by Crippen LogP contribution is 2.40. The van der Waals surface area contributed by atoms with Gasteiger partial charge in [0.05, 0.1) is 10.6 Å². The summed E-state index contributed by atoms with van der Waals surface area (Å²) in [6, 6.07) is 1.90. The molecule has 1 fully saturated rings. The zero-order chi connectivity index (χ0) is 17.4. The first kappa shape index (κ1) is 16.2. The minimum absolute atomic E-state index is 0.0201. The smallest absolute Gasteiger partial charge is 0.261 e. The third-order valence-corrected chi connectivity index (χ3v) is 5.73. The van der Waals surface area contributed by atoms with Gasteiger partial charge in [-0.15, -0.1) is 11.3 Å². The average molecular weight is 355 g/mol. The zero-order valence-corrected chi connectivity index (χ0v) is 15.3. The van der Waals surface area contributed by atoms with Crippen molar-refractivity contribution in [2.75, 3.05) is 6.54 Å². The van der Waals surface area contributed by atoms with Gasteiger partial charge in [0, 0.05) is 36.8 Å². The van der Waals surface area contributed by atoms with E-state index in [1.165, 1.54) is 24.2 Å². The summed E-state index contributed by atoms with van der Waals surface area (Å²) < 4.78 is 1.87. The standard InChI is InChI=1S/C18H21N5OS/c1-11-14-12(2)21-16(13-5-6-13)22-18(14)25-15(11)17(24)19-7-3-9-23-10-4-8-20-23/h4,8,10,13H,3,5-7,9H2,1-2H3,(H,19,24). The number of aromatic nitrogens is 4. The first-order valence-electron chi connectivity index (χ1n) is 8.66. The van der Waals surface area contributed by atoms with Crippen molar-refractivity contribution < 1.29 is 4.79 Å². The van der Waals surface area contributed by atoms with E-state index in [9.17, 15) is 4.79 Å². The van der Waals surface area contributed by atoms with Crippen molar-refractivity contribution in [1.82, 2.24) is 25.1 Å². The third kappa shape index (κ3) is 3.28. The van der Waals surface area contributed by atoms with Crippen molar-refractivity contribution in [3.05, 3.63) is 40.4 Å². The normalized spacial score (nSPS) is 14.2. The van der Waals surface area contributed by atoms with Crippen LogP contribution in [-0.4, -0.2) is 32.2 Å². The molecule has 6 nitrogen and oxygen atoms in total. The van der Waals surface area contributed by atoms with Crippen molar-refractivity contribution in [2.45, 2.75) is 45.6 Å². The summed E-state index contributed by atoms with van der Waals surface area (Å²) in [6.45, 7) is 5.43. The highest BCUT2D eigenvalue weighted by atomic mass is 32.1. The van der Waals surface area contributed by atoms with E-state index in [1.54, 1.807) is 6.20 Å². The molecule has 4 rings (SSSR count). The van der Waals surface area contributed by atoms with E-state index in [0.29, 0.717) is 12.5 Å². The lowest BCUT2D eigenvalue weighted by atomic mass is 10.1. The van der Waals surface area contributed by atoms with Gasteiger partial charge in [0.1, 0.15) is 10.7 Å². The van der Waals surface area contributed by atoms with Gasteiger partial charge in [-0.2, -0.15) is 5.10 Å². The molecule has 1 saturated carbocycles. The van der Waals surface area contributed by atoms with Gasteiger partial charge in [-0.25, -0.2) is 9.97 Å². The summed E-state index contributed by atoms with van der Waals surface area (Å²) in [5.41, 5.74) is 1.97. The number of nitrogens with one attached hydrogen (secondary N) is 1. The Hall–Kier alpha value is -2.28. The maximum atomic E-state index is 12.6. The Morgan fingerprint density at radius 3 is 2.92 bits per heavy atom.